The highest BCUT2D eigenvalue weighted by molar-refractivity contribution is 5.92. The summed E-state index contributed by atoms with van der Waals surface area (Å²) in [5, 5.41) is 2.83. The average molecular weight is 369 g/mol. The van der Waals surface area contributed by atoms with Crippen LogP contribution >= 0.6 is 0 Å². The monoisotopic (exact) mass is 369 g/mol. The second-order valence-corrected chi connectivity index (χ2v) is 6.26. The fourth-order valence-electron chi connectivity index (χ4n) is 2.49. The van der Waals surface area contributed by atoms with Crippen LogP contribution in [-0.2, 0) is 20.9 Å². The van der Waals surface area contributed by atoms with Crippen molar-refractivity contribution in [3.8, 4) is 0 Å². The molecule has 0 radical (unpaired) electrons. The molecular weight excluding hydrogens is 342 g/mol. The molecule has 2 aromatic carbocycles. The standard InChI is InChI=1S/C22H27NO4/c1-2-3-10-15-23-21(24)20(17-26-16-18-11-6-4-7-12-18)27-22(25)19-13-8-5-9-14-19/h4-9,11-14,20H,2-3,10,15-17H2,1H3,(H,23,24). The summed E-state index contributed by atoms with van der Waals surface area (Å²) >= 11 is 0. The van der Waals surface area contributed by atoms with Crippen molar-refractivity contribution >= 4 is 11.9 Å². The molecular formula is C22H27NO4. The topological polar surface area (TPSA) is 64.6 Å². The summed E-state index contributed by atoms with van der Waals surface area (Å²) in [4.78, 5) is 24.8. The second-order valence-electron chi connectivity index (χ2n) is 6.26. The summed E-state index contributed by atoms with van der Waals surface area (Å²) < 4.78 is 11.0. The predicted molar refractivity (Wildman–Crippen MR) is 104 cm³/mol. The summed E-state index contributed by atoms with van der Waals surface area (Å²) in [7, 11) is 0. The molecule has 0 aromatic heterocycles. The molecule has 0 saturated carbocycles. The Kier molecular flexibility index (Phi) is 9.07. The fraction of sp³-hybridized carbons (Fsp3) is 0.364. The minimum atomic E-state index is -0.983. The summed E-state index contributed by atoms with van der Waals surface area (Å²) in [6.07, 6.45) is 2.02. The molecule has 0 bridgehead atoms. The van der Waals surface area contributed by atoms with Gasteiger partial charge in [-0.2, -0.15) is 0 Å². The maximum atomic E-state index is 12.4. The van der Waals surface area contributed by atoms with Crippen LogP contribution in [0.4, 0.5) is 0 Å². The van der Waals surface area contributed by atoms with Crippen LogP contribution in [0, 0.1) is 0 Å². The van der Waals surface area contributed by atoms with Gasteiger partial charge in [0.05, 0.1) is 18.8 Å². The van der Waals surface area contributed by atoms with Gasteiger partial charge in [0.2, 0.25) is 6.10 Å². The Morgan fingerprint density at radius 2 is 1.63 bits per heavy atom. The molecule has 1 atom stereocenters. The van der Waals surface area contributed by atoms with Crippen molar-refractivity contribution in [1.82, 2.24) is 5.32 Å². The fourth-order valence-corrected chi connectivity index (χ4v) is 2.49. The summed E-state index contributed by atoms with van der Waals surface area (Å²) in [5.41, 5.74) is 1.40. The van der Waals surface area contributed by atoms with Crippen LogP contribution in [0.2, 0.25) is 0 Å². The molecule has 5 heteroatoms. The number of nitrogens with one attached hydrogen (secondary N) is 1. The first-order valence-corrected chi connectivity index (χ1v) is 9.36. The molecule has 2 aromatic rings. The molecule has 5 nitrogen and oxygen atoms in total. The van der Waals surface area contributed by atoms with E-state index in [-0.39, 0.29) is 12.5 Å². The molecule has 1 unspecified atom stereocenters. The second kappa shape index (κ2) is 11.9. The van der Waals surface area contributed by atoms with Gasteiger partial charge in [-0.15, -0.1) is 0 Å². The molecule has 0 aliphatic carbocycles. The van der Waals surface area contributed by atoms with Crippen molar-refractivity contribution in [3.05, 3.63) is 71.8 Å². The van der Waals surface area contributed by atoms with Gasteiger partial charge in [-0.25, -0.2) is 4.79 Å². The minimum absolute atomic E-state index is 0.00702. The number of unbranched alkanes of at least 4 members (excludes halogenated alkanes) is 2. The number of esters is 1. The molecule has 1 N–H and O–H groups in total. The lowest BCUT2D eigenvalue weighted by molar-refractivity contribution is -0.133. The molecule has 0 saturated heterocycles. The molecule has 1 amide bonds. The number of rotatable bonds is 11. The van der Waals surface area contributed by atoms with Gasteiger partial charge in [0.1, 0.15) is 0 Å². The van der Waals surface area contributed by atoms with Gasteiger partial charge >= 0.3 is 5.97 Å². The van der Waals surface area contributed by atoms with E-state index in [1.165, 1.54) is 0 Å². The molecule has 0 spiro atoms. The molecule has 0 heterocycles. The van der Waals surface area contributed by atoms with Crippen LogP contribution in [0.25, 0.3) is 0 Å². The number of benzene rings is 2. The number of hydrogen-bond donors (Lipinski definition) is 1. The molecule has 2 rings (SSSR count). The quantitative estimate of drug-likeness (QED) is 0.484. The van der Waals surface area contributed by atoms with Gasteiger partial charge < -0.3 is 14.8 Å². The normalized spacial score (nSPS) is 11.6. The molecule has 0 aliphatic rings. The zero-order valence-electron chi connectivity index (χ0n) is 15.7. The lowest BCUT2D eigenvalue weighted by Gasteiger charge is -2.18. The smallest absolute Gasteiger partial charge is 0.338 e. The first kappa shape index (κ1) is 20.6. The predicted octanol–water partition coefficient (Wildman–Crippen LogP) is 3.74. The van der Waals surface area contributed by atoms with E-state index in [4.69, 9.17) is 9.47 Å². The van der Waals surface area contributed by atoms with Crippen molar-refractivity contribution < 1.29 is 19.1 Å². The van der Waals surface area contributed by atoms with Crippen LogP contribution in [-0.4, -0.2) is 31.1 Å². The highest BCUT2D eigenvalue weighted by Gasteiger charge is 2.23. The third-order valence-corrected chi connectivity index (χ3v) is 4.01. The summed E-state index contributed by atoms with van der Waals surface area (Å²) in [6.45, 7) is 3.02. The Bertz CT molecular complexity index is 688. The Hall–Kier alpha value is -2.66. The van der Waals surface area contributed by atoms with Gasteiger partial charge in [0.15, 0.2) is 0 Å². The van der Waals surface area contributed by atoms with Crippen molar-refractivity contribution in [3.63, 3.8) is 0 Å². The van der Waals surface area contributed by atoms with Crippen LogP contribution < -0.4 is 5.32 Å². The maximum Gasteiger partial charge on any atom is 0.338 e. The van der Waals surface area contributed by atoms with Crippen molar-refractivity contribution in [1.29, 1.82) is 0 Å². The summed E-state index contributed by atoms with van der Waals surface area (Å²) in [5.74, 6) is -0.865. The van der Waals surface area contributed by atoms with E-state index in [0.29, 0.717) is 18.7 Å². The lowest BCUT2D eigenvalue weighted by atomic mass is 10.2. The lowest BCUT2D eigenvalue weighted by Crippen LogP contribution is -2.41. The Labute approximate surface area is 160 Å². The highest BCUT2D eigenvalue weighted by atomic mass is 16.6. The molecule has 0 aliphatic heterocycles. The van der Waals surface area contributed by atoms with Crippen LogP contribution in [0.3, 0.4) is 0 Å². The van der Waals surface area contributed by atoms with E-state index >= 15 is 0 Å². The first-order valence-electron chi connectivity index (χ1n) is 9.36. The maximum absolute atomic E-state index is 12.4. The van der Waals surface area contributed by atoms with Crippen molar-refractivity contribution in [2.75, 3.05) is 13.2 Å². The summed E-state index contributed by atoms with van der Waals surface area (Å²) in [6, 6.07) is 18.3. The SMILES string of the molecule is CCCCCNC(=O)C(COCc1ccccc1)OC(=O)c1ccccc1. The third kappa shape index (κ3) is 7.62. The average Bonchev–Trinajstić information content (AvgIpc) is 2.71. The van der Waals surface area contributed by atoms with Crippen LogP contribution in [0.5, 0.6) is 0 Å². The first-order chi connectivity index (χ1) is 13.2. The van der Waals surface area contributed by atoms with Crippen molar-refractivity contribution in [2.24, 2.45) is 0 Å². The van der Waals surface area contributed by atoms with Crippen LogP contribution in [0.15, 0.2) is 60.7 Å². The third-order valence-electron chi connectivity index (χ3n) is 4.01. The van der Waals surface area contributed by atoms with E-state index in [0.717, 1.165) is 24.8 Å². The van der Waals surface area contributed by atoms with E-state index in [2.05, 4.69) is 12.2 Å². The number of carbonyl (C=O) groups is 2. The number of ether oxygens (including phenoxy) is 2. The van der Waals surface area contributed by atoms with Gasteiger partial charge in [0.25, 0.3) is 5.91 Å². The Balaban J connectivity index is 1.92. The largest absolute Gasteiger partial charge is 0.446 e. The molecule has 144 valence electrons. The van der Waals surface area contributed by atoms with Gasteiger partial charge in [0, 0.05) is 6.54 Å². The van der Waals surface area contributed by atoms with E-state index < -0.39 is 12.1 Å². The zero-order valence-corrected chi connectivity index (χ0v) is 15.7. The van der Waals surface area contributed by atoms with Gasteiger partial charge in [-0.05, 0) is 24.1 Å². The van der Waals surface area contributed by atoms with Crippen molar-refractivity contribution in [2.45, 2.75) is 38.9 Å². The Morgan fingerprint density at radius 3 is 2.30 bits per heavy atom. The zero-order chi connectivity index (χ0) is 19.3. The number of carbonyl (C=O) groups excluding carboxylic acids is 2. The molecule has 0 fully saturated rings. The highest BCUT2D eigenvalue weighted by Crippen LogP contribution is 2.07. The van der Waals surface area contributed by atoms with E-state index in [9.17, 15) is 9.59 Å². The molecule has 27 heavy (non-hydrogen) atoms. The number of hydrogen-bond acceptors (Lipinski definition) is 4. The Morgan fingerprint density at radius 1 is 0.963 bits per heavy atom. The number of amides is 1. The van der Waals surface area contributed by atoms with E-state index in [1.54, 1.807) is 24.3 Å². The van der Waals surface area contributed by atoms with Gasteiger partial charge in [-0.3, -0.25) is 4.79 Å². The van der Waals surface area contributed by atoms with Crippen LogP contribution in [0.1, 0.15) is 42.1 Å². The van der Waals surface area contributed by atoms with Gasteiger partial charge in [-0.1, -0.05) is 68.3 Å². The van der Waals surface area contributed by atoms with E-state index in [1.807, 2.05) is 36.4 Å². The minimum Gasteiger partial charge on any atom is -0.446 e.